The topological polar surface area (TPSA) is 97.4 Å². The van der Waals surface area contributed by atoms with Crippen LogP contribution in [0.15, 0.2) is 22.7 Å². The maximum absolute atomic E-state index is 11.7. The van der Waals surface area contributed by atoms with Crippen molar-refractivity contribution in [2.24, 2.45) is 7.05 Å². The average molecular weight is 263 g/mol. The molecule has 0 saturated heterocycles. The summed E-state index contributed by atoms with van der Waals surface area (Å²) in [5.74, 6) is -1.96. The van der Waals surface area contributed by atoms with Crippen LogP contribution in [0.4, 0.5) is 0 Å². The predicted molar refractivity (Wildman–Crippen MR) is 64.8 cm³/mol. The molecule has 0 unspecified atom stereocenters. The highest BCUT2D eigenvalue weighted by Gasteiger charge is 2.15. The zero-order valence-electron chi connectivity index (χ0n) is 10.5. The fourth-order valence-electron chi connectivity index (χ4n) is 1.66. The minimum absolute atomic E-state index is 0.0288. The lowest BCUT2D eigenvalue weighted by atomic mass is 10.2. The van der Waals surface area contributed by atoms with Crippen molar-refractivity contribution < 1.29 is 19.1 Å². The molecule has 2 N–H and O–H groups in total. The van der Waals surface area contributed by atoms with Gasteiger partial charge in [0.15, 0.2) is 5.76 Å². The number of aromatic carboxylic acids is 1. The van der Waals surface area contributed by atoms with Crippen LogP contribution >= 0.6 is 0 Å². The van der Waals surface area contributed by atoms with Crippen molar-refractivity contribution >= 4 is 11.9 Å². The van der Waals surface area contributed by atoms with Crippen molar-refractivity contribution in [2.75, 3.05) is 0 Å². The number of carbonyl (C=O) groups excluding carboxylic acids is 1. The smallest absolute Gasteiger partial charge is 0.371 e. The normalized spacial score (nSPS) is 10.4. The number of furan rings is 1. The van der Waals surface area contributed by atoms with Gasteiger partial charge in [-0.05, 0) is 19.1 Å². The van der Waals surface area contributed by atoms with Crippen molar-refractivity contribution in [2.45, 2.75) is 13.5 Å². The first kappa shape index (κ1) is 12.9. The van der Waals surface area contributed by atoms with Crippen LogP contribution in [0.2, 0.25) is 0 Å². The van der Waals surface area contributed by atoms with E-state index in [-0.39, 0.29) is 11.5 Å². The lowest BCUT2D eigenvalue weighted by Crippen LogP contribution is -2.22. The lowest BCUT2D eigenvalue weighted by Gasteiger charge is -2.01. The van der Waals surface area contributed by atoms with Crippen molar-refractivity contribution in [1.82, 2.24) is 15.1 Å². The van der Waals surface area contributed by atoms with Crippen molar-refractivity contribution in [1.29, 1.82) is 0 Å². The second-order valence-corrected chi connectivity index (χ2v) is 4.07. The second kappa shape index (κ2) is 4.97. The van der Waals surface area contributed by atoms with Gasteiger partial charge < -0.3 is 14.8 Å². The van der Waals surface area contributed by atoms with E-state index in [1.54, 1.807) is 17.9 Å². The summed E-state index contributed by atoms with van der Waals surface area (Å²) in [7, 11) is 1.80. The number of amides is 1. The molecule has 7 nitrogen and oxygen atoms in total. The Bertz CT molecular complexity index is 627. The van der Waals surface area contributed by atoms with Gasteiger partial charge >= 0.3 is 5.97 Å². The fraction of sp³-hybridized carbons (Fsp3) is 0.250. The van der Waals surface area contributed by atoms with Crippen molar-refractivity contribution in [3.63, 3.8) is 0 Å². The molecule has 0 bridgehead atoms. The van der Waals surface area contributed by atoms with Gasteiger partial charge in [0.2, 0.25) is 5.76 Å². The molecule has 19 heavy (non-hydrogen) atoms. The fourth-order valence-corrected chi connectivity index (χ4v) is 1.66. The molecular weight excluding hydrogens is 250 g/mol. The average Bonchev–Trinajstić information content (AvgIpc) is 2.93. The maximum Gasteiger partial charge on any atom is 0.371 e. The molecule has 0 aliphatic rings. The largest absolute Gasteiger partial charge is 0.475 e. The Morgan fingerprint density at radius 3 is 2.63 bits per heavy atom. The third-order valence-corrected chi connectivity index (χ3v) is 2.60. The van der Waals surface area contributed by atoms with Crippen LogP contribution < -0.4 is 5.32 Å². The standard InChI is InChI=1S/C12H13N3O4/c1-7-8(6-15(2)14-7)5-13-11(16)9-3-4-10(19-9)12(17)18/h3-4,6H,5H2,1-2H3,(H,13,16)(H,17,18). The molecule has 2 heterocycles. The van der Waals surface area contributed by atoms with Crippen molar-refractivity contribution in [3.8, 4) is 0 Å². The van der Waals surface area contributed by atoms with E-state index in [2.05, 4.69) is 10.4 Å². The minimum Gasteiger partial charge on any atom is -0.475 e. The van der Waals surface area contributed by atoms with E-state index in [4.69, 9.17) is 9.52 Å². The Hall–Kier alpha value is -2.57. The molecule has 7 heteroatoms. The molecule has 100 valence electrons. The third kappa shape index (κ3) is 2.82. The quantitative estimate of drug-likeness (QED) is 0.855. The number of carboxylic acid groups (broad SMARTS) is 1. The number of carboxylic acids is 1. The highest BCUT2D eigenvalue weighted by Crippen LogP contribution is 2.09. The third-order valence-electron chi connectivity index (χ3n) is 2.60. The number of carbonyl (C=O) groups is 2. The summed E-state index contributed by atoms with van der Waals surface area (Å²) >= 11 is 0. The number of rotatable bonds is 4. The summed E-state index contributed by atoms with van der Waals surface area (Å²) < 4.78 is 6.56. The van der Waals surface area contributed by atoms with Crippen LogP contribution in [0.3, 0.4) is 0 Å². The van der Waals surface area contributed by atoms with Crippen molar-refractivity contribution in [3.05, 3.63) is 41.1 Å². The molecular formula is C12H13N3O4. The Morgan fingerprint density at radius 1 is 1.42 bits per heavy atom. The van der Waals surface area contributed by atoms with Gasteiger partial charge in [-0.3, -0.25) is 9.48 Å². The zero-order valence-corrected chi connectivity index (χ0v) is 10.5. The van der Waals surface area contributed by atoms with Crippen LogP contribution in [-0.4, -0.2) is 26.8 Å². The van der Waals surface area contributed by atoms with E-state index in [1.165, 1.54) is 12.1 Å². The Morgan fingerprint density at radius 2 is 2.11 bits per heavy atom. The first-order valence-corrected chi connectivity index (χ1v) is 5.58. The molecule has 0 aliphatic heterocycles. The van der Waals surface area contributed by atoms with Crippen LogP contribution in [0.1, 0.15) is 32.4 Å². The molecule has 0 aromatic carbocycles. The number of aryl methyl sites for hydroxylation is 2. The molecule has 2 aromatic heterocycles. The van der Waals surface area contributed by atoms with Gasteiger partial charge in [0.05, 0.1) is 5.69 Å². The molecule has 0 spiro atoms. The van der Waals surface area contributed by atoms with Gasteiger partial charge in [0.1, 0.15) is 0 Å². The number of hydrogen-bond acceptors (Lipinski definition) is 4. The summed E-state index contributed by atoms with van der Waals surface area (Å²) in [6.45, 7) is 2.15. The molecule has 2 rings (SSSR count). The molecule has 0 saturated carbocycles. The number of nitrogens with one attached hydrogen (secondary N) is 1. The Labute approximate surface area is 108 Å². The molecule has 2 aromatic rings. The monoisotopic (exact) mass is 263 g/mol. The van der Waals surface area contributed by atoms with Gasteiger partial charge in [-0.15, -0.1) is 0 Å². The predicted octanol–water partition coefficient (Wildman–Crippen LogP) is 0.950. The Balaban J connectivity index is 2.01. The zero-order chi connectivity index (χ0) is 14.0. The highest BCUT2D eigenvalue weighted by atomic mass is 16.4. The van der Waals surface area contributed by atoms with Crippen LogP contribution in [-0.2, 0) is 13.6 Å². The Kier molecular flexibility index (Phi) is 3.37. The molecule has 0 aliphatic carbocycles. The molecule has 0 atom stereocenters. The van der Waals surface area contributed by atoms with Crippen LogP contribution in [0, 0.1) is 6.92 Å². The van der Waals surface area contributed by atoms with E-state index < -0.39 is 11.9 Å². The number of hydrogen-bond donors (Lipinski definition) is 2. The summed E-state index contributed by atoms with van der Waals surface area (Å²) in [5, 5.41) is 15.5. The number of nitrogens with zero attached hydrogens (tertiary/aromatic N) is 2. The van der Waals surface area contributed by atoms with E-state index in [0.717, 1.165) is 11.3 Å². The summed E-state index contributed by atoms with van der Waals surface area (Å²) in [6, 6.07) is 2.57. The van der Waals surface area contributed by atoms with Gasteiger partial charge in [-0.2, -0.15) is 5.10 Å². The van der Waals surface area contributed by atoms with E-state index >= 15 is 0 Å². The highest BCUT2D eigenvalue weighted by molar-refractivity contribution is 5.93. The van der Waals surface area contributed by atoms with E-state index in [0.29, 0.717) is 6.54 Å². The van der Waals surface area contributed by atoms with Gasteiger partial charge in [-0.1, -0.05) is 0 Å². The minimum atomic E-state index is -1.21. The second-order valence-electron chi connectivity index (χ2n) is 4.07. The lowest BCUT2D eigenvalue weighted by molar-refractivity contribution is 0.0659. The summed E-state index contributed by atoms with van der Waals surface area (Å²) in [6.07, 6.45) is 1.81. The van der Waals surface area contributed by atoms with E-state index in [9.17, 15) is 9.59 Å². The molecule has 0 radical (unpaired) electrons. The molecule has 1 amide bonds. The number of aromatic nitrogens is 2. The first-order valence-electron chi connectivity index (χ1n) is 5.58. The SMILES string of the molecule is Cc1nn(C)cc1CNC(=O)c1ccc(C(=O)O)o1. The van der Waals surface area contributed by atoms with Gasteiger partial charge in [0.25, 0.3) is 5.91 Å². The molecule has 0 fully saturated rings. The van der Waals surface area contributed by atoms with Gasteiger partial charge in [-0.25, -0.2) is 4.79 Å². The first-order chi connectivity index (χ1) is 8.97. The maximum atomic E-state index is 11.7. The van der Waals surface area contributed by atoms with E-state index in [1.807, 2.05) is 6.92 Å². The summed E-state index contributed by atoms with van der Waals surface area (Å²) in [4.78, 5) is 22.4. The summed E-state index contributed by atoms with van der Waals surface area (Å²) in [5.41, 5.74) is 1.72. The van der Waals surface area contributed by atoms with Crippen LogP contribution in [0.5, 0.6) is 0 Å². The van der Waals surface area contributed by atoms with Crippen LogP contribution in [0.25, 0.3) is 0 Å². The van der Waals surface area contributed by atoms with Gasteiger partial charge in [0, 0.05) is 25.4 Å².